The number of hydrogen-bond acceptors (Lipinski definition) is 4. The third-order valence-electron chi connectivity index (χ3n) is 0. The van der Waals surface area contributed by atoms with Crippen LogP contribution in [-0.4, -0.2) is 21.6 Å². The van der Waals surface area contributed by atoms with Crippen molar-refractivity contribution in [1.29, 1.82) is 0 Å². The molecule has 48 valence electrons. The van der Waals surface area contributed by atoms with Crippen LogP contribution < -0.4 is 56.5 Å². The first kappa shape index (κ1) is 16.0. The van der Waals surface area contributed by atoms with Crippen molar-refractivity contribution in [1.82, 2.24) is 0 Å². The minimum absolute atomic E-state index is 0. The van der Waals surface area contributed by atoms with Gasteiger partial charge in [0.1, 0.15) is 0 Å². The van der Waals surface area contributed by atoms with Crippen LogP contribution in [0.5, 0.6) is 0 Å². The molecule has 9 heavy (non-hydrogen) atoms. The zero-order chi connectivity index (χ0) is 7.15. The first-order valence-electron chi connectivity index (χ1n) is 1.20. The van der Waals surface area contributed by atoms with Crippen LogP contribution >= 0.6 is 0 Å². The molecular weight excluding hydrogens is 161 g/mol. The van der Waals surface area contributed by atoms with Crippen LogP contribution in [0.25, 0.3) is 0 Å². The maximum atomic E-state index is 8.44. The third-order valence-corrected chi connectivity index (χ3v) is 0. The van der Waals surface area contributed by atoms with Gasteiger partial charge in [-0.3, -0.25) is 0 Å². The molecule has 2 N–H and O–H groups in total. The van der Waals surface area contributed by atoms with E-state index in [0.29, 0.717) is 0 Å². The Morgan fingerprint density at radius 3 is 1.56 bits per heavy atom. The topological polar surface area (TPSA) is 124 Å². The minimum atomic E-state index is -2.08. The van der Waals surface area contributed by atoms with Crippen molar-refractivity contribution < 1.29 is 76.7 Å². The predicted octanol–water partition coefficient (Wildman–Crippen LogP) is -4.46. The van der Waals surface area contributed by atoms with E-state index in [2.05, 4.69) is 0 Å². The monoisotopic (exact) mass is 163 g/mol. The van der Waals surface area contributed by atoms with Crippen LogP contribution in [0.4, 0.5) is 4.79 Å². The molecule has 0 heterocycles. The SMILES string of the molecule is O=C([O-])O.O=[N+]([O-])O.[K+]. The predicted molar refractivity (Wildman–Crippen MR) is 16.8 cm³/mol. The van der Waals surface area contributed by atoms with Crippen LogP contribution in [0.15, 0.2) is 0 Å². The summed E-state index contributed by atoms with van der Waals surface area (Å²) in [6, 6.07) is 0. The molecule has 0 bridgehead atoms. The Balaban J connectivity index is -0.0000000720. The number of carbonyl (C=O) groups is 1. The summed E-state index contributed by atoms with van der Waals surface area (Å²) < 4.78 is 0. The number of carboxylic acid groups (broad SMARTS) is 2. The summed E-state index contributed by atoms with van der Waals surface area (Å²) in [4.78, 5) is 16.8. The van der Waals surface area contributed by atoms with Gasteiger partial charge in [-0.1, -0.05) is 0 Å². The summed E-state index contributed by atoms with van der Waals surface area (Å²) in [6.07, 6.45) is -2.08. The molecule has 0 unspecified atom stereocenters. The zero-order valence-corrected chi connectivity index (χ0v) is 7.60. The van der Waals surface area contributed by atoms with Crippen molar-refractivity contribution >= 4 is 6.16 Å². The van der Waals surface area contributed by atoms with E-state index < -0.39 is 11.2 Å². The van der Waals surface area contributed by atoms with Gasteiger partial charge >= 0.3 is 51.4 Å². The van der Waals surface area contributed by atoms with Gasteiger partial charge in [-0.15, -0.1) is 10.1 Å². The van der Waals surface area contributed by atoms with Gasteiger partial charge in [0.05, 0.1) is 0 Å². The molecule has 0 radical (unpaired) electrons. The Labute approximate surface area is 91.8 Å². The van der Waals surface area contributed by atoms with Gasteiger partial charge in [0.25, 0.3) is 5.09 Å². The van der Waals surface area contributed by atoms with E-state index in [0.717, 1.165) is 0 Å². The Bertz CT molecular complexity index is 71.1. The van der Waals surface area contributed by atoms with Crippen molar-refractivity contribution in [2.45, 2.75) is 0 Å². The van der Waals surface area contributed by atoms with Crippen molar-refractivity contribution in [3.8, 4) is 0 Å². The molecule has 0 spiro atoms. The summed E-state index contributed by atoms with van der Waals surface area (Å²) in [7, 11) is 0. The molecule has 7 nitrogen and oxygen atoms in total. The summed E-state index contributed by atoms with van der Waals surface area (Å²) in [5.41, 5.74) is 0. The maximum absolute atomic E-state index is 8.44. The molecule has 0 fully saturated rings. The third kappa shape index (κ3) is 26700. The van der Waals surface area contributed by atoms with Crippen LogP contribution in [0.1, 0.15) is 0 Å². The van der Waals surface area contributed by atoms with E-state index in [1.807, 2.05) is 0 Å². The first-order valence-corrected chi connectivity index (χ1v) is 1.20. The first-order chi connectivity index (χ1) is 3.46. The Kier molecular flexibility index (Phi) is 19.6. The summed E-state index contributed by atoms with van der Waals surface area (Å²) in [5, 5.41) is 28.9. The molecule has 0 aliphatic heterocycles. The fraction of sp³-hybridized carbons (Fsp3) is 0. The fourth-order valence-corrected chi connectivity index (χ4v) is 0. The van der Waals surface area contributed by atoms with Gasteiger partial charge < -0.3 is 20.2 Å². The van der Waals surface area contributed by atoms with Crippen LogP contribution in [0, 0.1) is 10.1 Å². The molecule has 8 heteroatoms. The summed E-state index contributed by atoms with van der Waals surface area (Å²) >= 11 is 0. The van der Waals surface area contributed by atoms with E-state index >= 15 is 0 Å². The van der Waals surface area contributed by atoms with E-state index in [9.17, 15) is 0 Å². The molecule has 0 atom stereocenters. The number of hydrogen-bond donors (Lipinski definition) is 2. The molecule has 0 aliphatic carbocycles. The van der Waals surface area contributed by atoms with Gasteiger partial charge in [0, 0.05) is 0 Å². The zero-order valence-electron chi connectivity index (χ0n) is 4.47. The molecule has 0 aliphatic rings. The molecule has 0 aromatic heterocycles. The van der Waals surface area contributed by atoms with Crippen LogP contribution in [0.3, 0.4) is 0 Å². The molecule has 0 rings (SSSR count). The van der Waals surface area contributed by atoms with Crippen molar-refractivity contribution in [2.24, 2.45) is 0 Å². The largest absolute Gasteiger partial charge is 1.00 e. The molecule has 0 amide bonds. The van der Waals surface area contributed by atoms with E-state index in [1.165, 1.54) is 0 Å². The average molecular weight is 163 g/mol. The number of rotatable bonds is 0. The van der Waals surface area contributed by atoms with E-state index in [1.54, 1.807) is 0 Å². The molecule has 0 saturated carbocycles. The van der Waals surface area contributed by atoms with Gasteiger partial charge in [0.2, 0.25) is 6.16 Å². The van der Waals surface area contributed by atoms with Crippen molar-refractivity contribution in [3.63, 3.8) is 0 Å². The van der Waals surface area contributed by atoms with Gasteiger partial charge in [-0.05, 0) is 0 Å². The Morgan fingerprint density at radius 1 is 1.56 bits per heavy atom. The molecular formula is CH2KNO6. The minimum Gasteiger partial charge on any atom is -0.565 e. The molecule has 0 aromatic carbocycles. The second kappa shape index (κ2) is 11.0. The summed E-state index contributed by atoms with van der Waals surface area (Å²) in [6.45, 7) is 0. The molecule has 0 saturated heterocycles. The van der Waals surface area contributed by atoms with Crippen LogP contribution in [0.2, 0.25) is 0 Å². The van der Waals surface area contributed by atoms with Gasteiger partial charge in [-0.25, -0.2) is 0 Å². The fourth-order valence-electron chi connectivity index (χ4n) is 0. The Hall–Kier alpha value is 0.106. The normalized spacial score (nSPS) is 5.33. The Morgan fingerprint density at radius 2 is 1.56 bits per heavy atom. The second-order valence-corrected chi connectivity index (χ2v) is 0.504. The van der Waals surface area contributed by atoms with Gasteiger partial charge in [0.15, 0.2) is 0 Å². The van der Waals surface area contributed by atoms with E-state index in [4.69, 9.17) is 30.3 Å². The second-order valence-electron chi connectivity index (χ2n) is 0.504. The number of nitrogens with zero attached hydrogens (tertiary/aromatic N) is 1. The smallest absolute Gasteiger partial charge is 0.565 e. The van der Waals surface area contributed by atoms with Crippen LogP contribution in [-0.2, 0) is 0 Å². The standard InChI is InChI=1S/CH2O3.K.HNO3/c2-1(3)4;;2-1(3)4/h(H2,2,3,4);;(H,2,3,4)/q;+1;/p-1. The molecule has 0 aromatic rings. The van der Waals surface area contributed by atoms with Gasteiger partial charge in [-0.2, -0.15) is 0 Å². The quantitative estimate of drug-likeness (QED) is 0.211. The average Bonchev–Trinajstić information content (AvgIpc) is 1.25. The summed E-state index contributed by atoms with van der Waals surface area (Å²) in [5.74, 6) is 0. The van der Waals surface area contributed by atoms with E-state index in [-0.39, 0.29) is 51.4 Å². The van der Waals surface area contributed by atoms with Crippen molar-refractivity contribution in [2.75, 3.05) is 0 Å². The maximum Gasteiger partial charge on any atom is 1.00 e. The van der Waals surface area contributed by atoms with Crippen molar-refractivity contribution in [3.05, 3.63) is 10.1 Å².